The molecule has 1 aromatic carbocycles. The van der Waals surface area contributed by atoms with Gasteiger partial charge in [0.2, 0.25) is 0 Å². The van der Waals surface area contributed by atoms with Crippen molar-refractivity contribution in [1.82, 2.24) is 20.2 Å². The molecule has 0 fully saturated rings. The maximum absolute atomic E-state index is 12.2. The van der Waals surface area contributed by atoms with Gasteiger partial charge in [-0.3, -0.25) is 4.79 Å². The first-order valence-electron chi connectivity index (χ1n) is 6.05. The van der Waals surface area contributed by atoms with Crippen LogP contribution in [-0.2, 0) is 0 Å². The van der Waals surface area contributed by atoms with Gasteiger partial charge in [-0.1, -0.05) is 0 Å². The third kappa shape index (κ3) is 2.68. The molecule has 0 aliphatic heterocycles. The summed E-state index contributed by atoms with van der Waals surface area (Å²) in [7, 11) is 3.74. The summed E-state index contributed by atoms with van der Waals surface area (Å²) >= 11 is 0. The minimum absolute atomic E-state index is 0.0441. The Morgan fingerprint density at radius 3 is 3.11 bits per heavy atom. The number of hydrogen-bond donors (Lipinski definition) is 2. The number of carbonyl (C=O) groups excluding carboxylic acids is 1. The van der Waals surface area contributed by atoms with Crippen molar-refractivity contribution in [1.29, 1.82) is 0 Å². The second-order valence-corrected chi connectivity index (χ2v) is 4.32. The number of amides is 1. The van der Waals surface area contributed by atoms with Crippen LogP contribution in [0, 0.1) is 0 Å². The average molecular weight is 246 g/mol. The van der Waals surface area contributed by atoms with Crippen LogP contribution in [0.25, 0.3) is 11.0 Å². The number of aromatic nitrogens is 2. The van der Waals surface area contributed by atoms with Crippen molar-refractivity contribution < 1.29 is 4.79 Å². The van der Waals surface area contributed by atoms with Crippen molar-refractivity contribution in [3.63, 3.8) is 0 Å². The number of benzene rings is 1. The van der Waals surface area contributed by atoms with Crippen LogP contribution < -0.4 is 5.32 Å². The predicted octanol–water partition coefficient (Wildman–Crippen LogP) is 1.24. The van der Waals surface area contributed by atoms with E-state index in [0.29, 0.717) is 5.56 Å². The topological polar surface area (TPSA) is 61.0 Å². The van der Waals surface area contributed by atoms with E-state index in [4.69, 9.17) is 0 Å². The molecule has 1 heterocycles. The second kappa shape index (κ2) is 5.64. The standard InChI is InChI=1S/C13H18N4O/c1-14-6-3-7-17(2)13(18)10-4-5-11-12(8-10)16-9-15-11/h4-5,8-9,14H,3,6-7H2,1-2H3,(H,15,16). The van der Waals surface area contributed by atoms with Crippen LogP contribution in [0.15, 0.2) is 24.5 Å². The lowest BCUT2D eigenvalue weighted by atomic mass is 10.1. The van der Waals surface area contributed by atoms with Crippen LogP contribution in [0.2, 0.25) is 0 Å². The first kappa shape index (κ1) is 12.6. The third-order valence-electron chi connectivity index (χ3n) is 2.93. The number of rotatable bonds is 5. The van der Waals surface area contributed by atoms with Gasteiger partial charge in [0.25, 0.3) is 5.91 Å². The van der Waals surface area contributed by atoms with Crippen molar-refractivity contribution in [3.05, 3.63) is 30.1 Å². The molecular formula is C13H18N4O. The quantitative estimate of drug-likeness (QED) is 0.780. The van der Waals surface area contributed by atoms with E-state index < -0.39 is 0 Å². The Morgan fingerprint density at radius 2 is 2.33 bits per heavy atom. The zero-order valence-electron chi connectivity index (χ0n) is 10.7. The molecule has 2 N–H and O–H groups in total. The summed E-state index contributed by atoms with van der Waals surface area (Å²) in [6.07, 6.45) is 2.58. The molecule has 1 aromatic heterocycles. The summed E-state index contributed by atoms with van der Waals surface area (Å²) in [5.41, 5.74) is 2.47. The van der Waals surface area contributed by atoms with Gasteiger partial charge in [-0.25, -0.2) is 4.98 Å². The highest BCUT2D eigenvalue weighted by molar-refractivity contribution is 5.97. The smallest absolute Gasteiger partial charge is 0.253 e. The summed E-state index contributed by atoms with van der Waals surface area (Å²) in [5.74, 6) is 0.0441. The van der Waals surface area contributed by atoms with Gasteiger partial charge >= 0.3 is 0 Å². The Morgan fingerprint density at radius 1 is 1.50 bits per heavy atom. The molecule has 5 heteroatoms. The van der Waals surface area contributed by atoms with E-state index >= 15 is 0 Å². The number of nitrogens with one attached hydrogen (secondary N) is 2. The Labute approximate surface area is 106 Å². The first-order valence-corrected chi connectivity index (χ1v) is 6.05. The van der Waals surface area contributed by atoms with Gasteiger partial charge in [0.15, 0.2) is 0 Å². The van der Waals surface area contributed by atoms with Crippen LogP contribution in [-0.4, -0.2) is 48.0 Å². The number of aromatic amines is 1. The zero-order valence-corrected chi connectivity index (χ0v) is 10.7. The lowest BCUT2D eigenvalue weighted by Gasteiger charge is -2.17. The van der Waals surface area contributed by atoms with Crippen molar-refractivity contribution in [2.24, 2.45) is 0 Å². The Hall–Kier alpha value is -1.88. The van der Waals surface area contributed by atoms with Gasteiger partial charge in [0.1, 0.15) is 0 Å². The molecule has 2 rings (SSSR count). The normalized spacial score (nSPS) is 10.8. The summed E-state index contributed by atoms with van der Waals surface area (Å²) in [6, 6.07) is 5.53. The number of nitrogens with zero attached hydrogens (tertiary/aromatic N) is 2. The van der Waals surface area contributed by atoms with E-state index in [1.807, 2.05) is 32.3 Å². The molecule has 0 saturated heterocycles. The van der Waals surface area contributed by atoms with Crippen molar-refractivity contribution in [2.75, 3.05) is 27.2 Å². The van der Waals surface area contributed by atoms with Gasteiger partial charge in [-0.15, -0.1) is 0 Å². The molecule has 96 valence electrons. The molecule has 0 aliphatic rings. The molecule has 5 nitrogen and oxygen atoms in total. The fraction of sp³-hybridized carbons (Fsp3) is 0.385. The van der Waals surface area contributed by atoms with Gasteiger partial charge in [-0.2, -0.15) is 0 Å². The fourth-order valence-electron chi connectivity index (χ4n) is 1.88. The monoisotopic (exact) mass is 246 g/mol. The highest BCUT2D eigenvalue weighted by atomic mass is 16.2. The maximum atomic E-state index is 12.2. The molecule has 18 heavy (non-hydrogen) atoms. The lowest BCUT2D eigenvalue weighted by Crippen LogP contribution is -2.29. The van der Waals surface area contributed by atoms with Crippen LogP contribution >= 0.6 is 0 Å². The lowest BCUT2D eigenvalue weighted by molar-refractivity contribution is 0.0794. The van der Waals surface area contributed by atoms with E-state index in [1.54, 1.807) is 11.2 Å². The van der Waals surface area contributed by atoms with Gasteiger partial charge in [0, 0.05) is 19.2 Å². The number of fused-ring (bicyclic) bond motifs is 1. The van der Waals surface area contributed by atoms with E-state index in [0.717, 1.165) is 30.5 Å². The van der Waals surface area contributed by atoms with Crippen molar-refractivity contribution >= 4 is 16.9 Å². The van der Waals surface area contributed by atoms with Crippen molar-refractivity contribution in [2.45, 2.75) is 6.42 Å². The zero-order chi connectivity index (χ0) is 13.0. The average Bonchev–Trinajstić information content (AvgIpc) is 2.85. The van der Waals surface area contributed by atoms with E-state index in [2.05, 4.69) is 15.3 Å². The minimum Gasteiger partial charge on any atom is -0.345 e. The number of H-pyrrole nitrogens is 1. The van der Waals surface area contributed by atoms with E-state index in [1.165, 1.54) is 0 Å². The molecule has 1 amide bonds. The molecule has 0 unspecified atom stereocenters. The number of carbonyl (C=O) groups is 1. The highest BCUT2D eigenvalue weighted by Gasteiger charge is 2.11. The summed E-state index contributed by atoms with van der Waals surface area (Å²) in [6.45, 7) is 1.66. The van der Waals surface area contributed by atoms with Crippen molar-refractivity contribution in [3.8, 4) is 0 Å². The SMILES string of the molecule is CNCCCN(C)C(=O)c1ccc2nc[nH]c2c1. The van der Waals surface area contributed by atoms with Crippen LogP contribution in [0.5, 0.6) is 0 Å². The van der Waals surface area contributed by atoms with Gasteiger partial charge in [-0.05, 0) is 38.2 Å². The molecule has 0 atom stereocenters. The first-order chi connectivity index (χ1) is 8.72. The predicted molar refractivity (Wildman–Crippen MR) is 71.6 cm³/mol. The summed E-state index contributed by atoms with van der Waals surface area (Å²) in [5, 5.41) is 3.07. The summed E-state index contributed by atoms with van der Waals surface area (Å²) < 4.78 is 0. The van der Waals surface area contributed by atoms with Crippen LogP contribution in [0.4, 0.5) is 0 Å². The molecule has 2 aromatic rings. The van der Waals surface area contributed by atoms with Crippen LogP contribution in [0.1, 0.15) is 16.8 Å². The van der Waals surface area contributed by atoms with Gasteiger partial charge < -0.3 is 15.2 Å². The Balaban J connectivity index is 2.07. The Bertz CT molecular complexity index is 535. The molecule has 0 spiro atoms. The van der Waals surface area contributed by atoms with E-state index in [-0.39, 0.29) is 5.91 Å². The summed E-state index contributed by atoms with van der Waals surface area (Å²) in [4.78, 5) is 21.1. The fourth-order valence-corrected chi connectivity index (χ4v) is 1.88. The Kier molecular flexibility index (Phi) is 3.94. The second-order valence-electron chi connectivity index (χ2n) is 4.32. The van der Waals surface area contributed by atoms with E-state index in [9.17, 15) is 4.79 Å². The molecule has 0 bridgehead atoms. The van der Waals surface area contributed by atoms with Crippen LogP contribution in [0.3, 0.4) is 0 Å². The molecule has 0 aliphatic carbocycles. The minimum atomic E-state index is 0.0441. The highest BCUT2D eigenvalue weighted by Crippen LogP contribution is 2.13. The van der Waals surface area contributed by atoms with Gasteiger partial charge in [0.05, 0.1) is 17.4 Å². The molecular weight excluding hydrogens is 228 g/mol. The third-order valence-corrected chi connectivity index (χ3v) is 2.93. The molecule has 0 radical (unpaired) electrons. The number of hydrogen-bond acceptors (Lipinski definition) is 3. The number of imidazole rings is 1. The largest absolute Gasteiger partial charge is 0.345 e. The maximum Gasteiger partial charge on any atom is 0.253 e. The molecule has 0 saturated carbocycles.